The van der Waals surface area contributed by atoms with Gasteiger partial charge in [-0.25, -0.2) is 13.1 Å². The van der Waals surface area contributed by atoms with E-state index in [-0.39, 0.29) is 0 Å². The highest BCUT2D eigenvalue weighted by Crippen LogP contribution is 2.48. The highest BCUT2D eigenvalue weighted by Gasteiger charge is 2.51. The first-order valence-corrected chi connectivity index (χ1v) is 10.9. The molecule has 0 aliphatic heterocycles. The van der Waals surface area contributed by atoms with E-state index in [2.05, 4.69) is 16.0 Å². The average molecular weight is 415 g/mol. The third-order valence-electron chi connectivity index (χ3n) is 4.84. The maximum atomic E-state index is 12.4. The molecule has 1 aromatic heterocycles. The van der Waals surface area contributed by atoms with Crippen molar-refractivity contribution in [1.29, 1.82) is 0 Å². The number of halogens is 1. The summed E-state index contributed by atoms with van der Waals surface area (Å²) in [6, 6.07) is 15.4. The van der Waals surface area contributed by atoms with Crippen molar-refractivity contribution in [2.24, 2.45) is 0 Å². The standard InChI is InChI=1S/C20H17ClN3O3S/c1-28(26,27)23-19(25)20(10-11-20)16-6-2-14(3-7-16)15-4-8-18(9-5-15)24-13-17(21)12-22-24/h2-9,12H,10-11H2,1H3,(H,23,25). The zero-order valence-electron chi connectivity index (χ0n) is 15.0. The molecule has 1 aliphatic carbocycles. The number of nitrogens with zero attached hydrogens (tertiary/aromatic N) is 2. The molecule has 1 aliphatic rings. The summed E-state index contributed by atoms with van der Waals surface area (Å²) in [7, 11) is -3.57. The van der Waals surface area contributed by atoms with Crippen LogP contribution < -0.4 is 4.72 Å². The van der Waals surface area contributed by atoms with Crippen molar-refractivity contribution in [2.75, 3.05) is 6.26 Å². The number of sulfonamides is 1. The van der Waals surface area contributed by atoms with Gasteiger partial charge in [-0.2, -0.15) is 5.10 Å². The van der Waals surface area contributed by atoms with Gasteiger partial charge in [0, 0.05) is 0 Å². The van der Waals surface area contributed by atoms with Crippen LogP contribution in [0.2, 0.25) is 5.02 Å². The van der Waals surface area contributed by atoms with Crippen molar-refractivity contribution < 1.29 is 13.2 Å². The summed E-state index contributed by atoms with van der Waals surface area (Å²) in [5.41, 5.74) is 2.95. The minimum Gasteiger partial charge on any atom is -0.273 e. The fourth-order valence-corrected chi connectivity index (χ4v) is 3.87. The topological polar surface area (TPSA) is 81.1 Å². The van der Waals surface area contributed by atoms with E-state index in [9.17, 15) is 13.2 Å². The fraction of sp³-hybridized carbons (Fsp3) is 0.200. The zero-order valence-corrected chi connectivity index (χ0v) is 16.6. The molecular formula is C20H17ClN3O3S. The molecule has 6 nitrogen and oxygen atoms in total. The molecule has 2 aromatic carbocycles. The molecule has 1 radical (unpaired) electrons. The Morgan fingerprint density at radius 3 is 2.14 bits per heavy atom. The van der Waals surface area contributed by atoms with Crippen molar-refractivity contribution in [2.45, 2.75) is 18.3 Å². The second kappa shape index (κ2) is 6.76. The van der Waals surface area contributed by atoms with E-state index in [1.54, 1.807) is 4.68 Å². The minimum atomic E-state index is -3.57. The Kier molecular flexibility index (Phi) is 4.51. The predicted octanol–water partition coefficient (Wildman–Crippen LogP) is 3.10. The van der Waals surface area contributed by atoms with Crippen LogP contribution in [0.25, 0.3) is 16.8 Å². The first-order valence-electron chi connectivity index (χ1n) is 8.63. The van der Waals surface area contributed by atoms with Crippen molar-refractivity contribution in [3.8, 4) is 16.8 Å². The Bertz CT molecular complexity index is 1130. The van der Waals surface area contributed by atoms with Crippen LogP contribution in [0.4, 0.5) is 0 Å². The van der Waals surface area contributed by atoms with Crippen LogP contribution in [0.15, 0.2) is 54.7 Å². The molecule has 0 atom stereocenters. The number of hydrogen-bond acceptors (Lipinski definition) is 4. The highest BCUT2D eigenvalue weighted by molar-refractivity contribution is 7.89. The Hall–Kier alpha value is -2.64. The lowest BCUT2D eigenvalue weighted by molar-refractivity contribution is -0.121. The van der Waals surface area contributed by atoms with Gasteiger partial charge in [-0.3, -0.25) is 9.52 Å². The van der Waals surface area contributed by atoms with Gasteiger partial charge in [-0.15, -0.1) is 0 Å². The number of rotatable bonds is 5. The lowest BCUT2D eigenvalue weighted by Crippen LogP contribution is -2.38. The van der Waals surface area contributed by atoms with E-state index < -0.39 is 21.3 Å². The van der Waals surface area contributed by atoms with Gasteiger partial charge >= 0.3 is 0 Å². The Morgan fingerprint density at radius 1 is 1.11 bits per heavy atom. The lowest BCUT2D eigenvalue weighted by atomic mass is 9.93. The summed E-state index contributed by atoms with van der Waals surface area (Å²) in [5, 5.41) is 4.58. The monoisotopic (exact) mass is 414 g/mol. The van der Waals surface area contributed by atoms with E-state index in [1.807, 2.05) is 48.5 Å². The molecule has 1 heterocycles. The van der Waals surface area contributed by atoms with Gasteiger partial charge in [0.2, 0.25) is 15.9 Å². The van der Waals surface area contributed by atoms with E-state index in [1.165, 1.54) is 6.20 Å². The van der Waals surface area contributed by atoms with Crippen LogP contribution in [0, 0.1) is 6.20 Å². The number of amides is 1. The second-order valence-electron chi connectivity index (χ2n) is 6.93. The molecule has 1 amide bonds. The molecule has 1 saturated carbocycles. The Balaban J connectivity index is 1.54. The largest absolute Gasteiger partial charge is 0.273 e. The maximum absolute atomic E-state index is 12.4. The highest BCUT2D eigenvalue weighted by atomic mass is 35.5. The van der Waals surface area contributed by atoms with Crippen LogP contribution >= 0.6 is 11.6 Å². The summed E-state index contributed by atoms with van der Waals surface area (Å²) in [6.07, 6.45) is 6.71. The number of nitrogens with one attached hydrogen (secondary N) is 1. The molecule has 3 aromatic rings. The minimum absolute atomic E-state index is 0.452. The predicted molar refractivity (Wildman–Crippen MR) is 107 cm³/mol. The summed E-state index contributed by atoms with van der Waals surface area (Å²) < 4.78 is 26.4. The number of aromatic nitrogens is 2. The van der Waals surface area contributed by atoms with E-state index in [0.29, 0.717) is 17.9 Å². The zero-order chi connectivity index (χ0) is 19.9. The molecule has 0 unspecified atom stereocenters. The Morgan fingerprint density at radius 2 is 1.68 bits per heavy atom. The molecule has 28 heavy (non-hydrogen) atoms. The molecule has 4 rings (SSSR count). The van der Waals surface area contributed by atoms with Gasteiger partial charge in [0.1, 0.15) is 6.20 Å². The molecule has 8 heteroatoms. The van der Waals surface area contributed by atoms with Crippen molar-refractivity contribution in [1.82, 2.24) is 14.5 Å². The molecular weight excluding hydrogens is 398 g/mol. The number of benzene rings is 2. The number of carbonyl (C=O) groups excluding carboxylic acids is 1. The molecule has 1 N–H and O–H groups in total. The van der Waals surface area contributed by atoms with Crippen LogP contribution in [-0.4, -0.2) is 30.4 Å². The third-order valence-corrected chi connectivity index (χ3v) is 5.58. The summed E-state index contributed by atoms with van der Waals surface area (Å²) in [5.74, 6) is -0.457. The normalized spacial score (nSPS) is 15.2. The van der Waals surface area contributed by atoms with Crippen molar-refractivity contribution in [3.63, 3.8) is 0 Å². The van der Waals surface area contributed by atoms with Gasteiger partial charge < -0.3 is 0 Å². The Labute approximate surface area is 168 Å². The SMILES string of the molecule is CS(=O)(=O)NC(=O)C1(c2ccc(-c3ccc(-n4[c]c(Cl)cn4)cc3)cc2)CC1. The average Bonchev–Trinajstić information content (AvgIpc) is 3.36. The van der Waals surface area contributed by atoms with Gasteiger partial charge in [0.05, 0.1) is 28.6 Å². The van der Waals surface area contributed by atoms with Crippen molar-refractivity contribution >= 4 is 27.5 Å². The van der Waals surface area contributed by atoms with E-state index in [4.69, 9.17) is 11.6 Å². The van der Waals surface area contributed by atoms with Gasteiger partial charge in [0.25, 0.3) is 0 Å². The van der Waals surface area contributed by atoms with Crippen LogP contribution in [0.1, 0.15) is 18.4 Å². The first-order chi connectivity index (χ1) is 13.3. The first kappa shape index (κ1) is 18.7. The quantitative estimate of drug-likeness (QED) is 0.695. The molecule has 1 fully saturated rings. The van der Waals surface area contributed by atoms with Gasteiger partial charge in [-0.1, -0.05) is 48.0 Å². The molecule has 0 bridgehead atoms. The molecule has 143 valence electrons. The fourth-order valence-electron chi connectivity index (χ4n) is 3.21. The smallest absolute Gasteiger partial charge is 0.244 e. The van der Waals surface area contributed by atoms with Crippen LogP contribution in [0.5, 0.6) is 0 Å². The summed E-state index contributed by atoms with van der Waals surface area (Å²) >= 11 is 5.85. The van der Waals surface area contributed by atoms with E-state index >= 15 is 0 Å². The number of carbonyl (C=O) groups is 1. The molecule has 0 saturated heterocycles. The lowest BCUT2D eigenvalue weighted by Gasteiger charge is -2.15. The van der Waals surface area contributed by atoms with Crippen LogP contribution in [-0.2, 0) is 20.2 Å². The summed E-state index contributed by atoms with van der Waals surface area (Å²) in [6.45, 7) is 0. The number of hydrogen-bond donors (Lipinski definition) is 1. The maximum Gasteiger partial charge on any atom is 0.244 e. The molecule has 0 spiro atoms. The van der Waals surface area contributed by atoms with E-state index in [0.717, 1.165) is 28.6 Å². The second-order valence-corrected chi connectivity index (χ2v) is 9.08. The third kappa shape index (κ3) is 3.68. The van der Waals surface area contributed by atoms with Crippen molar-refractivity contribution in [3.05, 3.63) is 71.5 Å². The van der Waals surface area contributed by atoms with Crippen LogP contribution in [0.3, 0.4) is 0 Å². The van der Waals surface area contributed by atoms with Gasteiger partial charge in [-0.05, 0) is 41.7 Å². The van der Waals surface area contributed by atoms with Gasteiger partial charge in [0.15, 0.2) is 0 Å². The summed E-state index contributed by atoms with van der Waals surface area (Å²) in [4.78, 5) is 12.4.